The van der Waals surface area contributed by atoms with Crippen molar-refractivity contribution in [2.75, 3.05) is 7.05 Å². The third-order valence-electron chi connectivity index (χ3n) is 3.13. The minimum absolute atomic E-state index is 0.0916. The minimum Gasteiger partial charge on any atom is -0.481 e. The smallest absolute Gasteiger partial charge is 0.263 e. The number of benzene rings is 1. The number of ether oxygens (including phenoxy) is 1. The Bertz CT molecular complexity index is 645. The van der Waals surface area contributed by atoms with E-state index in [1.165, 1.54) is 0 Å². The molecule has 0 aliphatic rings. The van der Waals surface area contributed by atoms with E-state index in [0.717, 1.165) is 17.1 Å². The summed E-state index contributed by atoms with van der Waals surface area (Å²) in [4.78, 5) is 18.5. The van der Waals surface area contributed by atoms with Gasteiger partial charge in [-0.05, 0) is 31.5 Å². The standard InChI is InChI=1S/C16H19ClN2O2S/c1-4-15-18-13(10-22-15)9-19(3)16(20)11(2)21-14-7-5-6-12(17)8-14/h5-8,10-11H,4,9H2,1-3H3/t11-/m1/s1. The summed E-state index contributed by atoms with van der Waals surface area (Å²) in [5.74, 6) is 0.495. The van der Waals surface area contributed by atoms with Gasteiger partial charge in [-0.2, -0.15) is 0 Å². The first-order chi connectivity index (χ1) is 10.5. The Balaban J connectivity index is 1.94. The van der Waals surface area contributed by atoms with Crippen LogP contribution in [-0.4, -0.2) is 28.9 Å². The summed E-state index contributed by atoms with van der Waals surface area (Å²) >= 11 is 7.53. The second-order valence-electron chi connectivity index (χ2n) is 5.00. The van der Waals surface area contributed by atoms with E-state index in [0.29, 0.717) is 17.3 Å². The first-order valence-corrected chi connectivity index (χ1v) is 8.35. The molecule has 0 N–H and O–H groups in total. The quantitative estimate of drug-likeness (QED) is 0.804. The van der Waals surface area contributed by atoms with Crippen LogP contribution in [0.15, 0.2) is 29.6 Å². The zero-order valence-corrected chi connectivity index (χ0v) is 14.4. The predicted octanol–water partition coefficient (Wildman–Crippen LogP) is 3.78. The van der Waals surface area contributed by atoms with Gasteiger partial charge >= 0.3 is 0 Å². The summed E-state index contributed by atoms with van der Waals surface area (Å²) in [6.07, 6.45) is 0.337. The molecular formula is C16H19ClN2O2S. The first-order valence-electron chi connectivity index (χ1n) is 7.10. The molecule has 0 spiro atoms. The van der Waals surface area contributed by atoms with Gasteiger partial charge in [0, 0.05) is 17.5 Å². The van der Waals surface area contributed by atoms with E-state index in [9.17, 15) is 4.79 Å². The van der Waals surface area contributed by atoms with Gasteiger partial charge < -0.3 is 9.64 Å². The molecule has 2 aromatic rings. The Morgan fingerprint density at radius 3 is 2.91 bits per heavy atom. The molecule has 0 radical (unpaired) electrons. The molecule has 2 rings (SSSR count). The number of carbonyl (C=O) groups excluding carboxylic acids is 1. The van der Waals surface area contributed by atoms with Gasteiger partial charge in [-0.3, -0.25) is 4.79 Å². The molecule has 6 heteroatoms. The van der Waals surface area contributed by atoms with Crippen molar-refractivity contribution in [2.24, 2.45) is 0 Å². The van der Waals surface area contributed by atoms with Crippen LogP contribution in [0.2, 0.25) is 5.02 Å². The molecule has 0 unspecified atom stereocenters. The molecule has 118 valence electrons. The normalized spacial score (nSPS) is 12.0. The lowest BCUT2D eigenvalue weighted by Crippen LogP contribution is -2.37. The zero-order valence-electron chi connectivity index (χ0n) is 12.9. The number of halogens is 1. The summed E-state index contributed by atoms with van der Waals surface area (Å²) in [5.41, 5.74) is 0.910. The maximum Gasteiger partial charge on any atom is 0.263 e. The number of hydrogen-bond acceptors (Lipinski definition) is 4. The number of nitrogens with zero attached hydrogens (tertiary/aromatic N) is 2. The molecule has 1 heterocycles. The summed E-state index contributed by atoms with van der Waals surface area (Å²) in [6.45, 7) is 4.29. The fourth-order valence-corrected chi connectivity index (χ4v) is 2.93. The lowest BCUT2D eigenvalue weighted by Gasteiger charge is -2.21. The fourth-order valence-electron chi connectivity index (χ4n) is 2.01. The highest BCUT2D eigenvalue weighted by atomic mass is 35.5. The highest BCUT2D eigenvalue weighted by molar-refractivity contribution is 7.09. The molecule has 0 fully saturated rings. The van der Waals surface area contributed by atoms with Crippen molar-refractivity contribution in [1.29, 1.82) is 0 Å². The average molecular weight is 339 g/mol. The largest absolute Gasteiger partial charge is 0.481 e. The van der Waals surface area contributed by atoms with Crippen molar-refractivity contribution < 1.29 is 9.53 Å². The Kier molecular flexibility index (Phi) is 5.80. The Hall–Kier alpha value is -1.59. The molecule has 0 saturated carbocycles. The SMILES string of the molecule is CCc1nc(CN(C)C(=O)[C@@H](C)Oc2cccc(Cl)c2)cs1. The fraction of sp³-hybridized carbons (Fsp3) is 0.375. The molecule has 0 saturated heterocycles. The molecular weight excluding hydrogens is 320 g/mol. The number of amides is 1. The van der Waals surface area contributed by atoms with Crippen molar-refractivity contribution in [3.05, 3.63) is 45.4 Å². The number of aryl methyl sites for hydroxylation is 1. The van der Waals surface area contributed by atoms with Crippen molar-refractivity contribution in [1.82, 2.24) is 9.88 Å². The highest BCUT2D eigenvalue weighted by Gasteiger charge is 2.20. The first kappa shape index (κ1) is 16.8. The topological polar surface area (TPSA) is 42.4 Å². The average Bonchev–Trinajstić information content (AvgIpc) is 2.94. The second-order valence-corrected chi connectivity index (χ2v) is 6.38. The van der Waals surface area contributed by atoms with Gasteiger partial charge in [0.1, 0.15) is 5.75 Å². The third-order valence-corrected chi connectivity index (χ3v) is 4.41. The van der Waals surface area contributed by atoms with Gasteiger partial charge in [0.15, 0.2) is 6.10 Å². The summed E-state index contributed by atoms with van der Waals surface area (Å²) in [5, 5.41) is 3.66. The van der Waals surface area contributed by atoms with E-state index in [-0.39, 0.29) is 5.91 Å². The van der Waals surface area contributed by atoms with Gasteiger partial charge in [0.05, 0.1) is 17.2 Å². The minimum atomic E-state index is -0.576. The van der Waals surface area contributed by atoms with Crippen LogP contribution in [0.3, 0.4) is 0 Å². The Morgan fingerprint density at radius 2 is 2.27 bits per heavy atom. The third kappa shape index (κ3) is 4.45. The molecule has 0 aliphatic carbocycles. The van der Waals surface area contributed by atoms with E-state index in [1.807, 2.05) is 5.38 Å². The summed E-state index contributed by atoms with van der Waals surface area (Å²) in [6, 6.07) is 7.03. The molecule has 1 amide bonds. The van der Waals surface area contributed by atoms with E-state index in [1.54, 1.807) is 54.5 Å². The highest BCUT2D eigenvalue weighted by Crippen LogP contribution is 2.19. The molecule has 0 aliphatic heterocycles. The van der Waals surface area contributed by atoms with Crippen LogP contribution in [-0.2, 0) is 17.8 Å². The number of hydrogen-bond donors (Lipinski definition) is 0. The van der Waals surface area contributed by atoms with Crippen LogP contribution < -0.4 is 4.74 Å². The van der Waals surface area contributed by atoms with E-state index in [2.05, 4.69) is 11.9 Å². The van der Waals surface area contributed by atoms with Crippen LogP contribution in [0, 0.1) is 0 Å². The van der Waals surface area contributed by atoms with Gasteiger partial charge in [-0.15, -0.1) is 11.3 Å². The van der Waals surface area contributed by atoms with Crippen LogP contribution >= 0.6 is 22.9 Å². The maximum absolute atomic E-state index is 12.4. The number of carbonyl (C=O) groups is 1. The number of aromatic nitrogens is 1. The monoisotopic (exact) mass is 338 g/mol. The lowest BCUT2D eigenvalue weighted by atomic mass is 10.3. The van der Waals surface area contributed by atoms with Crippen LogP contribution in [0.25, 0.3) is 0 Å². The number of thiazole rings is 1. The molecule has 1 aromatic heterocycles. The molecule has 1 aromatic carbocycles. The summed E-state index contributed by atoms with van der Waals surface area (Å²) < 4.78 is 5.65. The van der Waals surface area contributed by atoms with Gasteiger partial charge in [0.2, 0.25) is 0 Å². The van der Waals surface area contributed by atoms with Gasteiger partial charge in [-0.25, -0.2) is 4.98 Å². The lowest BCUT2D eigenvalue weighted by molar-refractivity contribution is -0.137. The molecule has 22 heavy (non-hydrogen) atoms. The van der Waals surface area contributed by atoms with Crippen LogP contribution in [0.4, 0.5) is 0 Å². The van der Waals surface area contributed by atoms with E-state index < -0.39 is 6.10 Å². The summed E-state index contributed by atoms with van der Waals surface area (Å²) in [7, 11) is 1.76. The zero-order chi connectivity index (χ0) is 16.1. The van der Waals surface area contributed by atoms with Gasteiger partial charge in [-0.1, -0.05) is 24.6 Å². The van der Waals surface area contributed by atoms with Crippen molar-refractivity contribution in [3.63, 3.8) is 0 Å². The molecule has 1 atom stereocenters. The molecule has 0 bridgehead atoms. The van der Waals surface area contributed by atoms with Crippen molar-refractivity contribution in [3.8, 4) is 5.75 Å². The number of likely N-dealkylation sites (N-methyl/N-ethyl adjacent to an activating group) is 1. The number of rotatable bonds is 6. The predicted molar refractivity (Wildman–Crippen MR) is 89.5 cm³/mol. The van der Waals surface area contributed by atoms with Crippen molar-refractivity contribution >= 4 is 28.8 Å². The Labute approximate surface area is 139 Å². The van der Waals surface area contributed by atoms with Crippen LogP contribution in [0.5, 0.6) is 5.75 Å². The molecule has 4 nitrogen and oxygen atoms in total. The van der Waals surface area contributed by atoms with E-state index in [4.69, 9.17) is 16.3 Å². The van der Waals surface area contributed by atoms with Gasteiger partial charge in [0.25, 0.3) is 5.91 Å². The van der Waals surface area contributed by atoms with Crippen molar-refractivity contribution in [2.45, 2.75) is 32.9 Å². The second kappa shape index (κ2) is 7.61. The van der Waals surface area contributed by atoms with Crippen LogP contribution in [0.1, 0.15) is 24.5 Å². The maximum atomic E-state index is 12.4. The Morgan fingerprint density at radius 1 is 1.50 bits per heavy atom. The van der Waals surface area contributed by atoms with E-state index >= 15 is 0 Å².